The Labute approximate surface area is 159 Å². The van der Waals surface area contributed by atoms with Crippen molar-refractivity contribution in [1.29, 1.82) is 0 Å². The van der Waals surface area contributed by atoms with Crippen LogP contribution >= 0.6 is 0 Å². The molecule has 0 amide bonds. The van der Waals surface area contributed by atoms with Crippen LogP contribution in [0.3, 0.4) is 0 Å². The molecule has 3 aromatic carbocycles. The predicted molar refractivity (Wildman–Crippen MR) is 107 cm³/mol. The van der Waals surface area contributed by atoms with Gasteiger partial charge in [-0.1, -0.05) is 36.4 Å². The number of hydrogen-bond donors (Lipinski definition) is 1. The van der Waals surface area contributed by atoms with Crippen LogP contribution in [-0.2, 0) is 6.54 Å². The standard InChI is InChI=1S/C23H23FN2O/c24-21-7-9-22(10-8-21)26-14-12-25(13-15-26)17-20-16-19(6-11-23(20)27)18-4-2-1-3-5-18/h1-11,16,27H,12-15,17H2. The van der Waals surface area contributed by atoms with E-state index in [1.54, 1.807) is 6.07 Å². The third kappa shape index (κ3) is 4.12. The van der Waals surface area contributed by atoms with Crippen molar-refractivity contribution in [3.05, 3.63) is 84.2 Å². The zero-order valence-electron chi connectivity index (χ0n) is 15.2. The minimum atomic E-state index is -0.203. The molecule has 3 aromatic rings. The van der Waals surface area contributed by atoms with Gasteiger partial charge in [0, 0.05) is 44.0 Å². The molecule has 1 aliphatic rings. The van der Waals surface area contributed by atoms with Crippen molar-refractivity contribution < 1.29 is 9.50 Å². The van der Waals surface area contributed by atoms with Crippen LogP contribution < -0.4 is 4.90 Å². The molecule has 0 aromatic heterocycles. The molecule has 1 N–H and O–H groups in total. The molecule has 138 valence electrons. The first-order valence-corrected chi connectivity index (χ1v) is 9.29. The Hall–Kier alpha value is -2.85. The van der Waals surface area contributed by atoms with Gasteiger partial charge in [-0.05, 0) is 47.5 Å². The van der Waals surface area contributed by atoms with E-state index in [-0.39, 0.29) is 5.82 Å². The van der Waals surface area contributed by atoms with Gasteiger partial charge in [-0.3, -0.25) is 4.90 Å². The summed E-state index contributed by atoms with van der Waals surface area (Å²) in [5.41, 5.74) is 4.28. The second-order valence-corrected chi connectivity index (χ2v) is 6.95. The molecule has 1 fully saturated rings. The Morgan fingerprint density at radius 1 is 0.778 bits per heavy atom. The predicted octanol–water partition coefficient (Wildman–Crippen LogP) is 4.52. The number of halogens is 1. The summed E-state index contributed by atoms with van der Waals surface area (Å²) in [6.45, 7) is 4.33. The summed E-state index contributed by atoms with van der Waals surface area (Å²) in [5.74, 6) is 0.141. The zero-order valence-corrected chi connectivity index (χ0v) is 15.2. The lowest BCUT2D eigenvalue weighted by Crippen LogP contribution is -2.45. The Morgan fingerprint density at radius 2 is 1.48 bits per heavy atom. The number of benzene rings is 3. The van der Waals surface area contributed by atoms with Crippen LogP contribution in [0.1, 0.15) is 5.56 Å². The fourth-order valence-corrected chi connectivity index (χ4v) is 3.58. The number of anilines is 1. The lowest BCUT2D eigenvalue weighted by molar-refractivity contribution is 0.247. The van der Waals surface area contributed by atoms with Gasteiger partial charge in [-0.25, -0.2) is 4.39 Å². The number of hydrogen-bond acceptors (Lipinski definition) is 3. The van der Waals surface area contributed by atoms with Crippen LogP contribution in [0.15, 0.2) is 72.8 Å². The van der Waals surface area contributed by atoms with Crippen LogP contribution in [0.25, 0.3) is 11.1 Å². The quantitative estimate of drug-likeness (QED) is 0.739. The molecule has 3 nitrogen and oxygen atoms in total. The van der Waals surface area contributed by atoms with E-state index in [2.05, 4.69) is 28.0 Å². The molecule has 0 atom stereocenters. The summed E-state index contributed by atoms with van der Waals surface area (Å²) in [7, 11) is 0. The minimum absolute atomic E-state index is 0.203. The lowest BCUT2D eigenvalue weighted by Gasteiger charge is -2.36. The Bertz CT molecular complexity index is 888. The monoisotopic (exact) mass is 362 g/mol. The molecule has 0 aliphatic carbocycles. The highest BCUT2D eigenvalue weighted by Crippen LogP contribution is 2.27. The topological polar surface area (TPSA) is 26.7 Å². The van der Waals surface area contributed by atoms with Crippen LogP contribution in [0.5, 0.6) is 5.75 Å². The van der Waals surface area contributed by atoms with E-state index in [1.165, 1.54) is 12.1 Å². The van der Waals surface area contributed by atoms with E-state index in [0.29, 0.717) is 5.75 Å². The van der Waals surface area contributed by atoms with E-state index in [9.17, 15) is 9.50 Å². The van der Waals surface area contributed by atoms with Crippen molar-refractivity contribution in [2.45, 2.75) is 6.54 Å². The SMILES string of the molecule is Oc1ccc(-c2ccccc2)cc1CN1CCN(c2ccc(F)cc2)CC1. The van der Waals surface area contributed by atoms with E-state index < -0.39 is 0 Å². The van der Waals surface area contributed by atoms with Crippen LogP contribution in [0, 0.1) is 5.82 Å². The minimum Gasteiger partial charge on any atom is -0.508 e. The zero-order chi connectivity index (χ0) is 18.6. The molecule has 4 rings (SSSR count). The maximum atomic E-state index is 13.1. The molecule has 0 bridgehead atoms. The fourth-order valence-electron chi connectivity index (χ4n) is 3.58. The number of nitrogens with zero attached hydrogens (tertiary/aromatic N) is 2. The van der Waals surface area contributed by atoms with Gasteiger partial charge >= 0.3 is 0 Å². The van der Waals surface area contributed by atoms with Gasteiger partial charge in [0.05, 0.1) is 0 Å². The molecule has 4 heteroatoms. The van der Waals surface area contributed by atoms with Gasteiger partial charge in [0.25, 0.3) is 0 Å². The normalized spacial score (nSPS) is 15.1. The summed E-state index contributed by atoms with van der Waals surface area (Å²) < 4.78 is 13.1. The molecule has 0 saturated carbocycles. The molecule has 1 aliphatic heterocycles. The smallest absolute Gasteiger partial charge is 0.123 e. The van der Waals surface area contributed by atoms with Crippen LogP contribution in [0.2, 0.25) is 0 Å². The third-order valence-corrected chi connectivity index (χ3v) is 5.14. The van der Waals surface area contributed by atoms with Crippen molar-refractivity contribution in [1.82, 2.24) is 4.90 Å². The molecule has 1 heterocycles. The molecule has 0 radical (unpaired) electrons. The fraction of sp³-hybridized carbons (Fsp3) is 0.217. The van der Waals surface area contributed by atoms with E-state index >= 15 is 0 Å². The molecule has 0 unspecified atom stereocenters. The second kappa shape index (κ2) is 7.80. The Kier molecular flexibility index (Phi) is 5.07. The summed E-state index contributed by atoms with van der Waals surface area (Å²) in [6, 6.07) is 22.7. The largest absolute Gasteiger partial charge is 0.508 e. The van der Waals surface area contributed by atoms with Gasteiger partial charge in [-0.15, -0.1) is 0 Å². The van der Waals surface area contributed by atoms with Crippen LogP contribution in [0.4, 0.5) is 10.1 Å². The van der Waals surface area contributed by atoms with Gasteiger partial charge in [0.2, 0.25) is 0 Å². The first kappa shape index (κ1) is 17.6. The number of phenols is 1. The van der Waals surface area contributed by atoms with Crippen molar-refractivity contribution in [3.63, 3.8) is 0 Å². The highest BCUT2D eigenvalue weighted by Gasteiger charge is 2.18. The summed E-state index contributed by atoms with van der Waals surface area (Å²) in [4.78, 5) is 4.63. The molecular weight excluding hydrogens is 339 g/mol. The van der Waals surface area contributed by atoms with Crippen molar-refractivity contribution in [2.75, 3.05) is 31.1 Å². The summed E-state index contributed by atoms with van der Waals surface area (Å²) in [5, 5.41) is 10.3. The third-order valence-electron chi connectivity index (χ3n) is 5.14. The Morgan fingerprint density at radius 3 is 2.19 bits per heavy atom. The maximum Gasteiger partial charge on any atom is 0.123 e. The van der Waals surface area contributed by atoms with Crippen LogP contribution in [-0.4, -0.2) is 36.2 Å². The average molecular weight is 362 g/mol. The highest BCUT2D eigenvalue weighted by atomic mass is 19.1. The molecule has 27 heavy (non-hydrogen) atoms. The van der Waals surface area contributed by atoms with E-state index in [1.807, 2.05) is 36.4 Å². The average Bonchev–Trinajstić information content (AvgIpc) is 2.71. The lowest BCUT2D eigenvalue weighted by atomic mass is 10.0. The first-order valence-electron chi connectivity index (χ1n) is 9.29. The summed E-state index contributed by atoms with van der Waals surface area (Å²) >= 11 is 0. The van der Waals surface area contributed by atoms with Gasteiger partial charge in [0.1, 0.15) is 11.6 Å². The van der Waals surface area contributed by atoms with Crippen molar-refractivity contribution in [3.8, 4) is 16.9 Å². The molecular formula is C23H23FN2O. The highest BCUT2D eigenvalue weighted by molar-refractivity contribution is 5.65. The Balaban J connectivity index is 1.42. The summed E-state index contributed by atoms with van der Waals surface area (Å²) in [6.07, 6.45) is 0. The van der Waals surface area contributed by atoms with Gasteiger partial charge < -0.3 is 10.0 Å². The molecule has 0 spiro atoms. The number of phenolic OH excluding ortho intramolecular Hbond substituents is 1. The van der Waals surface area contributed by atoms with E-state index in [0.717, 1.165) is 55.1 Å². The number of aromatic hydroxyl groups is 1. The maximum absolute atomic E-state index is 13.1. The van der Waals surface area contributed by atoms with Gasteiger partial charge in [0.15, 0.2) is 0 Å². The van der Waals surface area contributed by atoms with Gasteiger partial charge in [-0.2, -0.15) is 0 Å². The molecule has 1 saturated heterocycles. The van der Waals surface area contributed by atoms with Crippen molar-refractivity contribution in [2.24, 2.45) is 0 Å². The second-order valence-electron chi connectivity index (χ2n) is 6.95. The first-order chi connectivity index (χ1) is 13.2. The van der Waals surface area contributed by atoms with E-state index in [4.69, 9.17) is 0 Å². The number of rotatable bonds is 4. The number of piperazine rings is 1. The van der Waals surface area contributed by atoms with Crippen molar-refractivity contribution >= 4 is 5.69 Å².